The third-order valence-electron chi connectivity index (χ3n) is 4.77. The predicted octanol–water partition coefficient (Wildman–Crippen LogP) is 3.04. The van der Waals surface area contributed by atoms with E-state index in [2.05, 4.69) is 35.6 Å². The van der Waals surface area contributed by atoms with Crippen LogP contribution in [-0.4, -0.2) is 44.9 Å². The molecule has 0 fully saturated rings. The first kappa shape index (κ1) is 22.2. The monoisotopic (exact) mass is 460 g/mol. The van der Waals surface area contributed by atoms with Gasteiger partial charge in [-0.1, -0.05) is 6.07 Å². The normalized spacial score (nSPS) is 13.3. The van der Waals surface area contributed by atoms with Crippen LogP contribution in [0.1, 0.15) is 23.5 Å². The van der Waals surface area contributed by atoms with E-state index >= 15 is 0 Å². The van der Waals surface area contributed by atoms with E-state index in [4.69, 9.17) is 4.74 Å². The third-order valence-corrected chi connectivity index (χ3v) is 4.77. The highest BCUT2D eigenvalue weighted by Gasteiger charge is 2.34. The maximum Gasteiger partial charge on any atom is 0.451 e. The van der Waals surface area contributed by atoms with Gasteiger partial charge in [0.15, 0.2) is 11.6 Å². The first-order valence-corrected chi connectivity index (χ1v) is 9.94. The fraction of sp³-hybridized carbons (Fsp3) is 0.300. The summed E-state index contributed by atoms with van der Waals surface area (Å²) in [6.07, 6.45) is 1.15. The Bertz CT molecular complexity index is 1110. The Morgan fingerprint density at radius 2 is 1.94 bits per heavy atom. The van der Waals surface area contributed by atoms with Crippen LogP contribution >= 0.6 is 0 Å². The van der Waals surface area contributed by atoms with Gasteiger partial charge < -0.3 is 20.3 Å². The molecule has 10 nitrogen and oxygen atoms in total. The van der Waals surface area contributed by atoms with Crippen molar-refractivity contribution in [1.82, 2.24) is 24.9 Å². The van der Waals surface area contributed by atoms with Gasteiger partial charge in [0.25, 0.3) is 0 Å². The van der Waals surface area contributed by atoms with Crippen LogP contribution in [0.15, 0.2) is 30.7 Å². The molecule has 3 aromatic heterocycles. The van der Waals surface area contributed by atoms with Crippen molar-refractivity contribution in [2.75, 3.05) is 29.1 Å². The molecule has 33 heavy (non-hydrogen) atoms. The van der Waals surface area contributed by atoms with Gasteiger partial charge in [-0.05, 0) is 18.4 Å². The second-order valence-electron chi connectivity index (χ2n) is 7.04. The second-order valence-corrected chi connectivity index (χ2v) is 7.04. The average Bonchev–Trinajstić information content (AvgIpc) is 2.82. The molecule has 2 N–H and O–H groups in total. The Morgan fingerprint density at radius 1 is 1.15 bits per heavy atom. The summed E-state index contributed by atoms with van der Waals surface area (Å²) in [5.74, 6) is -0.0525. The second kappa shape index (κ2) is 9.22. The van der Waals surface area contributed by atoms with E-state index in [-0.39, 0.29) is 11.6 Å². The number of amides is 1. The van der Waals surface area contributed by atoms with Gasteiger partial charge in [-0.2, -0.15) is 18.2 Å². The van der Waals surface area contributed by atoms with Crippen molar-refractivity contribution in [3.8, 4) is 11.6 Å². The van der Waals surface area contributed by atoms with Crippen LogP contribution in [0.3, 0.4) is 0 Å². The quantitative estimate of drug-likeness (QED) is 0.513. The predicted molar refractivity (Wildman–Crippen MR) is 112 cm³/mol. The molecule has 13 heteroatoms. The zero-order valence-corrected chi connectivity index (χ0v) is 17.4. The minimum absolute atomic E-state index is 0.0350. The van der Waals surface area contributed by atoms with Crippen LogP contribution in [0.2, 0.25) is 0 Å². The molecule has 0 radical (unpaired) electrons. The van der Waals surface area contributed by atoms with Crippen molar-refractivity contribution < 1.29 is 22.7 Å². The van der Waals surface area contributed by atoms with E-state index < -0.39 is 12.0 Å². The van der Waals surface area contributed by atoms with Gasteiger partial charge in [0, 0.05) is 32.4 Å². The number of pyridine rings is 1. The van der Waals surface area contributed by atoms with Crippen molar-refractivity contribution >= 4 is 23.9 Å². The number of ether oxygens (including phenoxy) is 1. The van der Waals surface area contributed by atoms with E-state index in [1.807, 2.05) is 0 Å². The molecule has 4 heterocycles. The lowest BCUT2D eigenvalue weighted by atomic mass is 10.1. The summed E-state index contributed by atoms with van der Waals surface area (Å²) in [4.78, 5) is 32.5. The number of nitrogens with zero attached hydrogens (tertiary/aromatic N) is 6. The van der Waals surface area contributed by atoms with Crippen LogP contribution in [0.25, 0.3) is 0 Å². The molecular formula is C20H19F3N8O2. The van der Waals surface area contributed by atoms with Gasteiger partial charge in [0.2, 0.25) is 24.1 Å². The Labute approximate surface area is 186 Å². The lowest BCUT2D eigenvalue weighted by Crippen LogP contribution is -2.30. The maximum absolute atomic E-state index is 12.5. The summed E-state index contributed by atoms with van der Waals surface area (Å²) < 4.78 is 43.0. The largest absolute Gasteiger partial charge is 0.451 e. The first-order valence-electron chi connectivity index (χ1n) is 9.94. The van der Waals surface area contributed by atoms with Gasteiger partial charge in [0.1, 0.15) is 5.69 Å². The van der Waals surface area contributed by atoms with E-state index in [1.54, 1.807) is 30.3 Å². The summed E-state index contributed by atoms with van der Waals surface area (Å²) in [5, 5.41) is 6.14. The van der Waals surface area contributed by atoms with E-state index in [9.17, 15) is 18.0 Å². The van der Waals surface area contributed by atoms with Gasteiger partial charge in [0.05, 0.1) is 18.1 Å². The molecule has 0 atom stereocenters. The minimum atomic E-state index is -4.62. The first-order chi connectivity index (χ1) is 15.9. The lowest BCUT2D eigenvalue weighted by Gasteiger charge is -2.27. The Morgan fingerprint density at radius 3 is 2.58 bits per heavy atom. The highest BCUT2D eigenvalue weighted by atomic mass is 19.4. The van der Waals surface area contributed by atoms with Crippen molar-refractivity contribution in [3.05, 3.63) is 47.8 Å². The number of fused-ring (bicyclic) bond motifs is 1. The van der Waals surface area contributed by atoms with Crippen LogP contribution in [0, 0.1) is 0 Å². The van der Waals surface area contributed by atoms with Gasteiger partial charge in [-0.15, -0.1) is 0 Å². The highest BCUT2D eigenvalue weighted by Crippen LogP contribution is 2.32. The Kier molecular flexibility index (Phi) is 6.20. The van der Waals surface area contributed by atoms with E-state index in [1.165, 1.54) is 0 Å². The number of rotatable bonds is 7. The Balaban J connectivity index is 1.40. The topological polar surface area (TPSA) is 118 Å². The summed E-state index contributed by atoms with van der Waals surface area (Å²) in [6.45, 7) is 0.996. The van der Waals surface area contributed by atoms with Gasteiger partial charge >= 0.3 is 6.18 Å². The van der Waals surface area contributed by atoms with Gasteiger partial charge in [-0.3, -0.25) is 4.79 Å². The number of halogens is 3. The number of nitrogens with one attached hydrogen (secondary N) is 2. The number of carbonyl (C=O) groups is 1. The number of aromatic nitrogens is 5. The van der Waals surface area contributed by atoms with Crippen LogP contribution in [-0.2, 0) is 23.9 Å². The number of hydrogen-bond donors (Lipinski definition) is 2. The summed E-state index contributed by atoms with van der Waals surface area (Å²) in [6, 6.07) is 3.31. The molecular weight excluding hydrogens is 441 g/mol. The van der Waals surface area contributed by atoms with E-state index in [0.29, 0.717) is 30.5 Å². The standard InChI is InChI=1S/C20H19F3N8O2/c1-24-17-16-14(3-2-6-31(16)11-32)29-19(30-17)28-8-12-4-5-15(25-7-12)33-13-9-26-18(27-10-13)20(21,22)23/h4-5,7,9-11H,2-3,6,8H2,1H3,(H2,24,28,29,30). The molecule has 4 rings (SSSR count). The van der Waals surface area contributed by atoms with Crippen molar-refractivity contribution in [2.45, 2.75) is 25.6 Å². The van der Waals surface area contributed by atoms with Crippen molar-refractivity contribution in [1.29, 1.82) is 0 Å². The molecule has 1 aliphatic rings. The molecule has 1 aliphatic heterocycles. The smallest absolute Gasteiger partial charge is 0.436 e. The van der Waals surface area contributed by atoms with Crippen molar-refractivity contribution in [2.24, 2.45) is 0 Å². The SMILES string of the molecule is CNc1nc(NCc2ccc(Oc3cnc(C(F)(F)F)nc3)nc2)nc2c1N(C=O)CCC2. The summed E-state index contributed by atoms with van der Waals surface area (Å²) >= 11 is 0. The molecule has 172 valence electrons. The fourth-order valence-electron chi connectivity index (χ4n) is 3.26. The van der Waals surface area contributed by atoms with Gasteiger partial charge in [-0.25, -0.2) is 19.9 Å². The highest BCUT2D eigenvalue weighted by molar-refractivity contribution is 5.84. The number of carbonyl (C=O) groups excluding carboxylic acids is 1. The average molecular weight is 460 g/mol. The molecule has 0 saturated heterocycles. The molecule has 0 unspecified atom stereocenters. The fourth-order valence-corrected chi connectivity index (χ4v) is 3.26. The van der Waals surface area contributed by atoms with Crippen LogP contribution in [0.5, 0.6) is 11.6 Å². The summed E-state index contributed by atoms with van der Waals surface area (Å²) in [5.41, 5.74) is 2.28. The number of anilines is 3. The molecule has 0 spiro atoms. The van der Waals surface area contributed by atoms with Crippen LogP contribution < -0.4 is 20.3 Å². The van der Waals surface area contributed by atoms with Crippen LogP contribution in [0.4, 0.5) is 30.6 Å². The van der Waals surface area contributed by atoms with Crippen molar-refractivity contribution in [3.63, 3.8) is 0 Å². The zero-order chi connectivity index (χ0) is 23.4. The lowest BCUT2D eigenvalue weighted by molar-refractivity contribution is -0.145. The number of aryl methyl sites for hydroxylation is 1. The number of hydrogen-bond acceptors (Lipinski definition) is 9. The molecule has 0 aromatic carbocycles. The number of alkyl halides is 3. The zero-order valence-electron chi connectivity index (χ0n) is 17.4. The third kappa shape index (κ3) is 5.07. The molecule has 1 amide bonds. The molecule has 0 bridgehead atoms. The summed E-state index contributed by atoms with van der Waals surface area (Å²) in [7, 11) is 1.73. The molecule has 3 aromatic rings. The molecule has 0 aliphatic carbocycles. The maximum atomic E-state index is 12.5. The minimum Gasteiger partial charge on any atom is -0.436 e. The van der Waals surface area contributed by atoms with E-state index in [0.717, 1.165) is 42.9 Å². The molecule has 0 saturated carbocycles. The Hall–Kier alpha value is -4.03.